The molecule has 0 unspecified atom stereocenters. The molecule has 118 valence electrons. The second-order valence-corrected chi connectivity index (χ2v) is 7.27. The van der Waals surface area contributed by atoms with Gasteiger partial charge in [-0.1, -0.05) is 18.9 Å². The van der Waals surface area contributed by atoms with E-state index in [-0.39, 0.29) is 11.3 Å². The Bertz CT molecular complexity index is 611. The van der Waals surface area contributed by atoms with Crippen molar-refractivity contribution >= 4 is 5.91 Å². The van der Waals surface area contributed by atoms with Gasteiger partial charge in [-0.3, -0.25) is 4.79 Å². The van der Waals surface area contributed by atoms with Crippen LogP contribution in [0.25, 0.3) is 0 Å². The lowest BCUT2D eigenvalue weighted by Gasteiger charge is -2.59. The summed E-state index contributed by atoms with van der Waals surface area (Å²) in [5, 5.41) is 0. The summed E-state index contributed by atoms with van der Waals surface area (Å²) >= 11 is 0. The van der Waals surface area contributed by atoms with E-state index in [1.807, 2.05) is 0 Å². The van der Waals surface area contributed by atoms with Crippen molar-refractivity contribution in [3.05, 3.63) is 29.3 Å². The highest BCUT2D eigenvalue weighted by Gasteiger charge is 2.54. The minimum atomic E-state index is 0.251. The van der Waals surface area contributed by atoms with Gasteiger partial charge in [0.25, 0.3) is 0 Å². The number of methoxy groups -OCH3 is 1. The van der Waals surface area contributed by atoms with E-state index in [9.17, 15) is 4.79 Å². The third kappa shape index (κ3) is 1.84. The second-order valence-electron chi connectivity index (χ2n) is 7.27. The molecule has 2 fully saturated rings. The van der Waals surface area contributed by atoms with Gasteiger partial charge < -0.3 is 9.64 Å². The topological polar surface area (TPSA) is 29.5 Å². The van der Waals surface area contributed by atoms with Crippen LogP contribution >= 0.6 is 0 Å². The standard InChI is InChI=1S/C19H25NO2/c1-13(21)20-10-9-19-8-4-3-5-16(19)18(20)11-14-6-7-15(22-2)12-17(14)19/h6-7,12,16,18H,3-5,8-11H2,1-2H3/t16-,18-,19-/m1/s1. The Kier molecular flexibility index (Phi) is 3.21. The molecule has 1 saturated heterocycles. The summed E-state index contributed by atoms with van der Waals surface area (Å²) in [6.07, 6.45) is 7.32. The first-order valence-electron chi connectivity index (χ1n) is 8.60. The van der Waals surface area contributed by atoms with Gasteiger partial charge >= 0.3 is 0 Å². The first-order valence-corrected chi connectivity index (χ1v) is 8.60. The minimum Gasteiger partial charge on any atom is -0.497 e. The zero-order valence-corrected chi connectivity index (χ0v) is 13.6. The molecule has 22 heavy (non-hydrogen) atoms. The number of nitrogens with zero attached hydrogens (tertiary/aromatic N) is 1. The molecule has 3 aliphatic rings. The van der Waals surface area contributed by atoms with Gasteiger partial charge in [0, 0.05) is 24.9 Å². The number of benzene rings is 1. The number of amides is 1. The van der Waals surface area contributed by atoms with Crippen LogP contribution in [-0.4, -0.2) is 30.5 Å². The van der Waals surface area contributed by atoms with Gasteiger partial charge in [0.1, 0.15) is 5.75 Å². The number of ether oxygens (including phenoxy) is 1. The Labute approximate surface area is 132 Å². The van der Waals surface area contributed by atoms with Crippen molar-refractivity contribution in [3.8, 4) is 5.75 Å². The maximum atomic E-state index is 12.1. The van der Waals surface area contributed by atoms with Crippen LogP contribution in [0.15, 0.2) is 18.2 Å². The van der Waals surface area contributed by atoms with Crippen LogP contribution in [0.3, 0.4) is 0 Å². The highest BCUT2D eigenvalue weighted by Crippen LogP contribution is 2.56. The zero-order chi connectivity index (χ0) is 15.3. The summed E-state index contributed by atoms with van der Waals surface area (Å²) in [6.45, 7) is 2.66. The quantitative estimate of drug-likeness (QED) is 0.796. The second kappa shape index (κ2) is 5.00. The number of carbonyl (C=O) groups excluding carboxylic acids is 1. The van der Waals surface area contributed by atoms with E-state index in [1.165, 1.54) is 36.8 Å². The number of rotatable bonds is 1. The van der Waals surface area contributed by atoms with Gasteiger partial charge in [-0.05, 0) is 54.9 Å². The summed E-state index contributed by atoms with van der Waals surface area (Å²) in [6, 6.07) is 7.00. The molecule has 2 bridgehead atoms. The SMILES string of the molecule is COc1ccc2c(c1)[C@@]13CCCC[C@@H]1[C@@H](C2)N(C(C)=O)CC3. The lowest BCUT2D eigenvalue weighted by atomic mass is 9.52. The third-order valence-corrected chi connectivity index (χ3v) is 6.45. The fraction of sp³-hybridized carbons (Fsp3) is 0.632. The predicted molar refractivity (Wildman–Crippen MR) is 86.1 cm³/mol. The van der Waals surface area contributed by atoms with E-state index in [4.69, 9.17) is 4.74 Å². The van der Waals surface area contributed by atoms with Crippen molar-refractivity contribution in [1.29, 1.82) is 0 Å². The molecule has 3 nitrogen and oxygen atoms in total. The molecule has 0 N–H and O–H groups in total. The normalized spacial score (nSPS) is 32.9. The first-order chi connectivity index (χ1) is 10.7. The van der Waals surface area contributed by atoms with Crippen molar-refractivity contribution < 1.29 is 9.53 Å². The van der Waals surface area contributed by atoms with E-state index in [2.05, 4.69) is 23.1 Å². The Morgan fingerprint density at radius 1 is 1.32 bits per heavy atom. The Hall–Kier alpha value is -1.51. The number of piperidine rings is 1. The van der Waals surface area contributed by atoms with Crippen LogP contribution < -0.4 is 4.74 Å². The predicted octanol–water partition coefficient (Wildman–Crippen LogP) is 3.30. The van der Waals surface area contributed by atoms with Crippen molar-refractivity contribution in [3.63, 3.8) is 0 Å². The fourth-order valence-corrected chi connectivity index (χ4v) is 5.50. The molecule has 1 amide bonds. The van der Waals surface area contributed by atoms with Crippen LogP contribution in [0.1, 0.15) is 50.2 Å². The lowest BCUT2D eigenvalue weighted by Crippen LogP contribution is -2.61. The Morgan fingerprint density at radius 3 is 2.95 bits per heavy atom. The third-order valence-electron chi connectivity index (χ3n) is 6.45. The number of likely N-dealkylation sites (tertiary alicyclic amines) is 1. The van der Waals surface area contributed by atoms with Gasteiger partial charge in [0.15, 0.2) is 0 Å². The lowest BCUT2D eigenvalue weighted by molar-refractivity contribution is -0.138. The minimum absolute atomic E-state index is 0.251. The Balaban J connectivity index is 1.85. The van der Waals surface area contributed by atoms with Crippen LogP contribution in [0, 0.1) is 5.92 Å². The number of carbonyl (C=O) groups is 1. The van der Waals surface area contributed by atoms with E-state index in [1.54, 1.807) is 14.0 Å². The highest BCUT2D eigenvalue weighted by atomic mass is 16.5. The van der Waals surface area contributed by atoms with Crippen LogP contribution in [0.4, 0.5) is 0 Å². The van der Waals surface area contributed by atoms with Gasteiger partial charge in [-0.2, -0.15) is 0 Å². The molecule has 0 aromatic heterocycles. The van der Waals surface area contributed by atoms with Gasteiger partial charge in [0.05, 0.1) is 7.11 Å². The molecule has 1 aromatic rings. The summed E-state index contributed by atoms with van der Waals surface area (Å²) in [7, 11) is 1.75. The average Bonchev–Trinajstić information content (AvgIpc) is 2.54. The number of hydrogen-bond donors (Lipinski definition) is 0. The maximum absolute atomic E-state index is 12.1. The molecule has 4 rings (SSSR count). The Morgan fingerprint density at radius 2 is 2.18 bits per heavy atom. The van der Waals surface area contributed by atoms with Gasteiger partial charge in [0.2, 0.25) is 5.91 Å². The number of fused-ring (bicyclic) bond motifs is 1. The van der Waals surface area contributed by atoms with Crippen molar-refractivity contribution in [2.75, 3.05) is 13.7 Å². The smallest absolute Gasteiger partial charge is 0.219 e. The van der Waals surface area contributed by atoms with Gasteiger partial charge in [-0.15, -0.1) is 0 Å². The molecule has 1 saturated carbocycles. The molecular formula is C19H25NO2. The van der Waals surface area contributed by atoms with E-state index < -0.39 is 0 Å². The average molecular weight is 299 g/mol. The molecule has 0 radical (unpaired) electrons. The molecule has 1 heterocycles. The van der Waals surface area contributed by atoms with Crippen molar-refractivity contribution in [1.82, 2.24) is 4.90 Å². The highest BCUT2D eigenvalue weighted by molar-refractivity contribution is 5.74. The maximum Gasteiger partial charge on any atom is 0.219 e. The van der Waals surface area contributed by atoms with Crippen molar-refractivity contribution in [2.45, 2.75) is 56.9 Å². The molecule has 3 heteroatoms. The molecule has 0 spiro atoms. The van der Waals surface area contributed by atoms with E-state index in [0.717, 1.165) is 25.1 Å². The summed E-state index contributed by atoms with van der Waals surface area (Å²) in [4.78, 5) is 14.2. The van der Waals surface area contributed by atoms with Crippen LogP contribution in [-0.2, 0) is 16.6 Å². The van der Waals surface area contributed by atoms with Gasteiger partial charge in [-0.25, -0.2) is 0 Å². The van der Waals surface area contributed by atoms with Crippen LogP contribution in [0.2, 0.25) is 0 Å². The van der Waals surface area contributed by atoms with Crippen LogP contribution in [0.5, 0.6) is 5.75 Å². The summed E-state index contributed by atoms with van der Waals surface area (Å²) in [5.74, 6) is 1.87. The molecule has 3 atom stereocenters. The molecule has 2 aliphatic carbocycles. The summed E-state index contributed by atoms with van der Waals surface area (Å²) in [5.41, 5.74) is 3.25. The molecular weight excluding hydrogens is 274 g/mol. The monoisotopic (exact) mass is 299 g/mol. The number of hydrogen-bond acceptors (Lipinski definition) is 2. The molecule has 1 aliphatic heterocycles. The van der Waals surface area contributed by atoms with E-state index >= 15 is 0 Å². The van der Waals surface area contributed by atoms with E-state index in [0.29, 0.717) is 12.0 Å². The zero-order valence-electron chi connectivity index (χ0n) is 13.6. The fourth-order valence-electron chi connectivity index (χ4n) is 5.50. The first kappa shape index (κ1) is 14.1. The van der Waals surface area contributed by atoms with Crippen molar-refractivity contribution in [2.24, 2.45) is 5.92 Å². The summed E-state index contributed by atoms with van der Waals surface area (Å²) < 4.78 is 5.49. The molecule has 1 aromatic carbocycles. The largest absolute Gasteiger partial charge is 0.497 e.